The molecule has 1 amide bonds. The third-order valence-corrected chi connectivity index (χ3v) is 4.44. The maximum atomic E-state index is 12.3. The maximum absolute atomic E-state index is 12.3. The molecule has 3 nitrogen and oxygen atoms in total. The van der Waals surface area contributed by atoms with Crippen LogP contribution >= 0.6 is 34.2 Å². The van der Waals surface area contributed by atoms with E-state index in [1.165, 1.54) is 0 Å². The Morgan fingerprint density at radius 2 is 1.90 bits per heavy atom. The molecule has 0 fully saturated rings. The average molecular weight is 402 g/mol. The van der Waals surface area contributed by atoms with Crippen molar-refractivity contribution in [1.82, 2.24) is 4.90 Å². The summed E-state index contributed by atoms with van der Waals surface area (Å²) >= 11 is 8.16. The zero-order valence-corrected chi connectivity index (χ0v) is 13.7. The van der Waals surface area contributed by atoms with E-state index in [2.05, 4.69) is 22.6 Å². The van der Waals surface area contributed by atoms with E-state index in [1.54, 1.807) is 48.3 Å². The number of amides is 1. The summed E-state index contributed by atoms with van der Waals surface area (Å²) in [5.41, 5.74) is 1.52. The lowest BCUT2D eigenvalue weighted by Crippen LogP contribution is -2.26. The van der Waals surface area contributed by atoms with Crippen LogP contribution in [0.5, 0.6) is 5.75 Å². The number of aromatic hydroxyl groups is 1. The number of phenolic OH excluding ortho intramolecular Hbond substituents is 1. The van der Waals surface area contributed by atoms with Crippen LogP contribution in [0.25, 0.3) is 0 Å². The predicted molar refractivity (Wildman–Crippen MR) is 88.1 cm³/mol. The van der Waals surface area contributed by atoms with Gasteiger partial charge in [0.15, 0.2) is 0 Å². The first-order valence-electron chi connectivity index (χ1n) is 5.96. The highest BCUT2D eigenvalue weighted by atomic mass is 127. The average Bonchev–Trinajstić information content (AvgIpc) is 2.43. The molecule has 0 bridgehead atoms. The van der Waals surface area contributed by atoms with E-state index in [0.29, 0.717) is 17.1 Å². The highest BCUT2D eigenvalue weighted by Crippen LogP contribution is 2.21. The molecule has 1 N–H and O–H groups in total. The minimum atomic E-state index is -0.0867. The second-order valence-electron chi connectivity index (χ2n) is 4.46. The molecule has 0 aliphatic carbocycles. The molecule has 0 saturated heterocycles. The van der Waals surface area contributed by atoms with Gasteiger partial charge in [0, 0.05) is 22.7 Å². The van der Waals surface area contributed by atoms with Gasteiger partial charge < -0.3 is 10.0 Å². The van der Waals surface area contributed by atoms with Crippen LogP contribution in [-0.2, 0) is 6.54 Å². The Morgan fingerprint density at radius 3 is 2.50 bits per heavy atom. The van der Waals surface area contributed by atoms with Crippen molar-refractivity contribution < 1.29 is 9.90 Å². The minimum Gasteiger partial charge on any atom is -0.508 e. The van der Waals surface area contributed by atoms with Gasteiger partial charge in [-0.05, 0) is 58.5 Å². The third-order valence-electron chi connectivity index (χ3n) is 2.87. The lowest BCUT2D eigenvalue weighted by Gasteiger charge is -2.17. The summed E-state index contributed by atoms with van der Waals surface area (Å²) in [5.74, 6) is 0.128. The molecule has 20 heavy (non-hydrogen) atoms. The van der Waals surface area contributed by atoms with Gasteiger partial charge in [-0.15, -0.1) is 0 Å². The first kappa shape index (κ1) is 15.1. The Balaban J connectivity index is 2.11. The molecule has 0 aromatic heterocycles. The van der Waals surface area contributed by atoms with E-state index in [1.807, 2.05) is 6.07 Å². The van der Waals surface area contributed by atoms with Gasteiger partial charge >= 0.3 is 0 Å². The number of hydrogen-bond donors (Lipinski definition) is 1. The van der Waals surface area contributed by atoms with Gasteiger partial charge in [0.05, 0.1) is 5.02 Å². The highest BCUT2D eigenvalue weighted by Gasteiger charge is 2.13. The maximum Gasteiger partial charge on any atom is 0.253 e. The van der Waals surface area contributed by atoms with Gasteiger partial charge in [-0.1, -0.05) is 23.7 Å². The molecule has 0 radical (unpaired) electrons. The number of carbonyl (C=O) groups is 1. The van der Waals surface area contributed by atoms with Gasteiger partial charge in [-0.25, -0.2) is 0 Å². The predicted octanol–water partition coefficient (Wildman–Crippen LogP) is 3.92. The lowest BCUT2D eigenvalue weighted by atomic mass is 10.1. The number of carbonyl (C=O) groups excluding carboxylic acids is 1. The van der Waals surface area contributed by atoms with Crippen LogP contribution in [0.15, 0.2) is 42.5 Å². The van der Waals surface area contributed by atoms with Crippen LogP contribution in [-0.4, -0.2) is 23.0 Å². The normalized spacial score (nSPS) is 10.3. The number of halogens is 2. The molecule has 0 heterocycles. The largest absolute Gasteiger partial charge is 0.508 e. The Bertz CT molecular complexity index is 628. The number of phenols is 1. The van der Waals surface area contributed by atoms with Gasteiger partial charge in [-0.2, -0.15) is 0 Å². The SMILES string of the molecule is CN(Cc1ccc(O)cc1)C(=O)c1ccc(I)c(Cl)c1. The molecule has 0 saturated carbocycles. The van der Waals surface area contributed by atoms with Gasteiger partial charge in [0.1, 0.15) is 5.75 Å². The second kappa shape index (κ2) is 6.45. The first-order valence-corrected chi connectivity index (χ1v) is 7.41. The quantitative estimate of drug-likeness (QED) is 0.792. The van der Waals surface area contributed by atoms with Crippen LogP contribution in [0.1, 0.15) is 15.9 Å². The smallest absolute Gasteiger partial charge is 0.253 e. The molecule has 2 aromatic carbocycles. The Kier molecular flexibility index (Phi) is 4.88. The molecule has 5 heteroatoms. The number of nitrogens with zero attached hydrogens (tertiary/aromatic N) is 1. The van der Waals surface area contributed by atoms with Crippen molar-refractivity contribution >= 4 is 40.1 Å². The van der Waals surface area contributed by atoms with Crippen LogP contribution in [0.3, 0.4) is 0 Å². The Morgan fingerprint density at radius 1 is 1.25 bits per heavy atom. The molecule has 2 rings (SSSR count). The van der Waals surface area contributed by atoms with E-state index >= 15 is 0 Å². The summed E-state index contributed by atoms with van der Waals surface area (Å²) in [5, 5.41) is 9.82. The van der Waals surface area contributed by atoms with E-state index in [0.717, 1.165) is 9.13 Å². The zero-order valence-electron chi connectivity index (χ0n) is 10.8. The van der Waals surface area contributed by atoms with Gasteiger partial charge in [-0.3, -0.25) is 4.79 Å². The Labute approximate surface area is 136 Å². The fourth-order valence-electron chi connectivity index (χ4n) is 1.80. The standard InChI is InChI=1S/C15H13ClINO2/c1-18(9-10-2-5-12(19)6-3-10)15(20)11-4-7-14(17)13(16)8-11/h2-8,19H,9H2,1H3. The second-order valence-corrected chi connectivity index (χ2v) is 6.03. The van der Waals surface area contributed by atoms with Crippen LogP contribution < -0.4 is 0 Å². The molecule has 0 spiro atoms. The van der Waals surface area contributed by atoms with E-state index in [4.69, 9.17) is 11.6 Å². The topological polar surface area (TPSA) is 40.5 Å². The monoisotopic (exact) mass is 401 g/mol. The number of hydrogen-bond acceptors (Lipinski definition) is 2. The van der Waals surface area contributed by atoms with Crippen molar-refractivity contribution in [3.63, 3.8) is 0 Å². The van der Waals surface area contributed by atoms with Crippen molar-refractivity contribution in [1.29, 1.82) is 0 Å². The summed E-state index contributed by atoms with van der Waals surface area (Å²) in [6, 6.07) is 12.1. The summed E-state index contributed by atoms with van der Waals surface area (Å²) in [6.45, 7) is 0.475. The fraction of sp³-hybridized carbons (Fsp3) is 0.133. The number of benzene rings is 2. The van der Waals surface area contributed by atoms with Crippen molar-refractivity contribution in [2.24, 2.45) is 0 Å². The van der Waals surface area contributed by atoms with Crippen molar-refractivity contribution in [2.75, 3.05) is 7.05 Å². The zero-order chi connectivity index (χ0) is 14.7. The summed E-state index contributed by atoms with van der Waals surface area (Å²) in [4.78, 5) is 13.9. The summed E-state index contributed by atoms with van der Waals surface area (Å²) < 4.78 is 0.919. The Hall–Kier alpha value is -1.27. The van der Waals surface area contributed by atoms with Crippen LogP contribution in [0.2, 0.25) is 5.02 Å². The van der Waals surface area contributed by atoms with Crippen molar-refractivity contribution in [3.8, 4) is 5.75 Å². The summed E-state index contributed by atoms with van der Waals surface area (Å²) in [6.07, 6.45) is 0. The molecule has 0 aliphatic heterocycles. The number of rotatable bonds is 3. The molecule has 0 unspecified atom stereocenters. The fourth-order valence-corrected chi connectivity index (χ4v) is 2.31. The van der Waals surface area contributed by atoms with Crippen molar-refractivity contribution in [3.05, 3.63) is 62.2 Å². The van der Waals surface area contributed by atoms with E-state index in [9.17, 15) is 9.90 Å². The minimum absolute atomic E-state index is 0.0867. The lowest BCUT2D eigenvalue weighted by molar-refractivity contribution is 0.0785. The van der Waals surface area contributed by atoms with E-state index < -0.39 is 0 Å². The molecule has 0 atom stereocenters. The highest BCUT2D eigenvalue weighted by molar-refractivity contribution is 14.1. The molecular formula is C15H13ClINO2. The molecule has 2 aromatic rings. The van der Waals surface area contributed by atoms with Crippen LogP contribution in [0.4, 0.5) is 0 Å². The van der Waals surface area contributed by atoms with Gasteiger partial charge in [0.2, 0.25) is 0 Å². The molecule has 104 valence electrons. The van der Waals surface area contributed by atoms with E-state index in [-0.39, 0.29) is 11.7 Å². The third kappa shape index (κ3) is 3.64. The van der Waals surface area contributed by atoms with Gasteiger partial charge in [0.25, 0.3) is 5.91 Å². The first-order chi connectivity index (χ1) is 9.47. The molecular weight excluding hydrogens is 389 g/mol. The summed E-state index contributed by atoms with van der Waals surface area (Å²) in [7, 11) is 1.74. The van der Waals surface area contributed by atoms with Crippen molar-refractivity contribution in [2.45, 2.75) is 6.54 Å². The van der Waals surface area contributed by atoms with Crippen LogP contribution in [0, 0.1) is 3.57 Å². The molecule has 0 aliphatic rings.